The van der Waals surface area contributed by atoms with Crippen molar-refractivity contribution in [2.24, 2.45) is 0 Å². The molecule has 1 N–H and O–H groups in total. The quantitative estimate of drug-likeness (QED) is 0.520. The third-order valence-electron chi connectivity index (χ3n) is 5.68. The molecule has 1 saturated heterocycles. The predicted molar refractivity (Wildman–Crippen MR) is 131 cm³/mol. The number of fused-ring (bicyclic) bond motifs is 1. The van der Waals surface area contributed by atoms with Gasteiger partial charge in [0.15, 0.2) is 15.0 Å². The van der Waals surface area contributed by atoms with Crippen LogP contribution in [0.25, 0.3) is 10.2 Å². The number of hydrogen-bond acceptors (Lipinski definition) is 8. The van der Waals surface area contributed by atoms with Crippen LogP contribution in [0.1, 0.15) is 5.56 Å². The van der Waals surface area contributed by atoms with E-state index in [0.29, 0.717) is 13.1 Å². The lowest BCUT2D eigenvalue weighted by molar-refractivity contribution is -0.118. The van der Waals surface area contributed by atoms with Crippen molar-refractivity contribution >= 4 is 42.4 Å². The molecule has 1 fully saturated rings. The van der Waals surface area contributed by atoms with Crippen molar-refractivity contribution in [2.45, 2.75) is 11.8 Å². The molecule has 8 nitrogen and oxygen atoms in total. The lowest BCUT2D eigenvalue weighted by atomic mass is 10.2. The normalized spacial score (nSPS) is 15.0. The highest BCUT2D eigenvalue weighted by molar-refractivity contribution is 7.92. The van der Waals surface area contributed by atoms with E-state index in [9.17, 15) is 13.2 Å². The summed E-state index contributed by atoms with van der Waals surface area (Å²) < 4.78 is 31.3. The van der Waals surface area contributed by atoms with Crippen LogP contribution in [-0.2, 0) is 14.6 Å². The Bertz CT molecular complexity index is 1220. The zero-order valence-electron chi connectivity index (χ0n) is 18.8. The van der Waals surface area contributed by atoms with Gasteiger partial charge in [-0.1, -0.05) is 35.1 Å². The van der Waals surface area contributed by atoms with Crippen molar-refractivity contribution in [3.8, 4) is 5.75 Å². The maximum Gasteiger partial charge on any atom is 0.235 e. The fourth-order valence-corrected chi connectivity index (χ4v) is 5.98. The number of aryl methyl sites for hydroxylation is 1. The molecule has 3 aromatic rings. The van der Waals surface area contributed by atoms with Gasteiger partial charge in [-0.3, -0.25) is 9.69 Å². The average molecular weight is 489 g/mol. The number of amides is 1. The summed E-state index contributed by atoms with van der Waals surface area (Å²) in [6, 6.07) is 12.5. The molecule has 33 heavy (non-hydrogen) atoms. The minimum atomic E-state index is -3.63. The molecule has 1 aliphatic rings. The first kappa shape index (κ1) is 23.5. The molecule has 0 saturated carbocycles. The summed E-state index contributed by atoms with van der Waals surface area (Å²) in [6.07, 6.45) is 0. The molecule has 0 aliphatic carbocycles. The number of ether oxygens (including phenoxy) is 1. The number of nitrogens with zero attached hydrogens (tertiary/aromatic N) is 3. The highest BCUT2D eigenvalue weighted by Gasteiger charge is 2.22. The Morgan fingerprint density at radius 1 is 1.12 bits per heavy atom. The Balaban J connectivity index is 1.23. The van der Waals surface area contributed by atoms with Crippen LogP contribution >= 0.6 is 11.3 Å². The van der Waals surface area contributed by atoms with E-state index in [1.165, 1.54) is 0 Å². The fourth-order valence-electron chi connectivity index (χ4n) is 3.78. The summed E-state index contributed by atoms with van der Waals surface area (Å²) in [7, 11) is -1.98. The van der Waals surface area contributed by atoms with Crippen LogP contribution in [0.15, 0.2) is 47.4 Å². The van der Waals surface area contributed by atoms with Gasteiger partial charge in [-0.25, -0.2) is 13.4 Å². The lowest BCUT2D eigenvalue weighted by Gasteiger charge is -2.34. The maximum atomic E-state index is 12.4. The molecule has 4 rings (SSSR count). The van der Waals surface area contributed by atoms with E-state index in [0.717, 1.165) is 52.8 Å². The van der Waals surface area contributed by atoms with Crippen LogP contribution < -0.4 is 15.0 Å². The molecule has 0 atom stereocenters. The summed E-state index contributed by atoms with van der Waals surface area (Å²) in [5, 5.41) is 3.73. The van der Waals surface area contributed by atoms with E-state index >= 15 is 0 Å². The van der Waals surface area contributed by atoms with Gasteiger partial charge in [0.1, 0.15) is 17.0 Å². The van der Waals surface area contributed by atoms with Crippen molar-refractivity contribution in [1.29, 1.82) is 0 Å². The SMILES string of the molecule is COc1cccc2sc(N3CCN(CCNC(=O)CS(=O)(=O)c4ccc(C)cc4)CC3)nc12. The first-order chi connectivity index (χ1) is 15.9. The van der Waals surface area contributed by atoms with Crippen molar-refractivity contribution in [3.63, 3.8) is 0 Å². The van der Waals surface area contributed by atoms with Gasteiger partial charge in [0.2, 0.25) is 5.91 Å². The van der Waals surface area contributed by atoms with Gasteiger partial charge in [-0.05, 0) is 31.2 Å². The Morgan fingerprint density at radius 3 is 2.55 bits per heavy atom. The summed E-state index contributed by atoms with van der Waals surface area (Å²) in [6.45, 7) is 6.38. The Morgan fingerprint density at radius 2 is 1.85 bits per heavy atom. The van der Waals surface area contributed by atoms with E-state index in [1.54, 1.807) is 42.7 Å². The lowest BCUT2D eigenvalue weighted by Crippen LogP contribution is -2.48. The second-order valence-corrected chi connectivity index (χ2v) is 11.1. The monoisotopic (exact) mass is 488 g/mol. The van der Waals surface area contributed by atoms with Crippen LogP contribution in [0.2, 0.25) is 0 Å². The Labute approximate surface area is 198 Å². The number of anilines is 1. The molecule has 2 aromatic carbocycles. The van der Waals surface area contributed by atoms with Gasteiger partial charge in [0.05, 0.1) is 16.7 Å². The molecule has 0 spiro atoms. The minimum Gasteiger partial charge on any atom is -0.494 e. The molecule has 1 aliphatic heterocycles. The number of aromatic nitrogens is 1. The highest BCUT2D eigenvalue weighted by Crippen LogP contribution is 2.34. The van der Waals surface area contributed by atoms with Crippen molar-refractivity contribution in [3.05, 3.63) is 48.0 Å². The number of nitrogens with one attached hydrogen (secondary N) is 1. The molecule has 2 heterocycles. The van der Waals surface area contributed by atoms with Gasteiger partial charge >= 0.3 is 0 Å². The first-order valence-corrected chi connectivity index (χ1v) is 13.3. The highest BCUT2D eigenvalue weighted by atomic mass is 32.2. The fraction of sp³-hybridized carbons (Fsp3) is 0.391. The van der Waals surface area contributed by atoms with Crippen molar-refractivity contribution < 1.29 is 17.9 Å². The maximum absolute atomic E-state index is 12.4. The molecule has 1 amide bonds. The van der Waals surface area contributed by atoms with Gasteiger partial charge in [0.25, 0.3) is 0 Å². The minimum absolute atomic E-state index is 0.173. The number of hydrogen-bond donors (Lipinski definition) is 1. The summed E-state index contributed by atoms with van der Waals surface area (Å²) >= 11 is 1.66. The van der Waals surface area contributed by atoms with E-state index in [-0.39, 0.29) is 4.90 Å². The average Bonchev–Trinajstić information content (AvgIpc) is 3.24. The standard InChI is InChI=1S/C23H28N4O4S2/c1-17-6-8-18(9-7-17)33(29,30)16-21(28)24-10-11-26-12-14-27(15-13-26)23-25-22-19(31-2)4-3-5-20(22)32-23/h3-9H,10-16H2,1-2H3,(H,24,28). The number of carbonyl (C=O) groups excluding carboxylic acids is 1. The zero-order chi connectivity index (χ0) is 23.4. The van der Waals surface area contributed by atoms with Crippen molar-refractivity contribution in [2.75, 3.05) is 57.0 Å². The summed E-state index contributed by atoms with van der Waals surface area (Å²) in [5.74, 6) is -0.225. The van der Waals surface area contributed by atoms with E-state index in [1.807, 2.05) is 19.1 Å². The largest absolute Gasteiger partial charge is 0.494 e. The van der Waals surface area contributed by atoms with Gasteiger partial charge in [-0.15, -0.1) is 0 Å². The smallest absolute Gasteiger partial charge is 0.235 e. The first-order valence-electron chi connectivity index (χ1n) is 10.8. The van der Waals surface area contributed by atoms with Crippen molar-refractivity contribution in [1.82, 2.24) is 15.2 Å². The topological polar surface area (TPSA) is 91.8 Å². The molecular formula is C23H28N4O4S2. The Kier molecular flexibility index (Phi) is 7.16. The number of sulfone groups is 1. The van der Waals surface area contributed by atoms with Crippen LogP contribution in [0.3, 0.4) is 0 Å². The van der Waals surface area contributed by atoms with Crippen LogP contribution in [-0.4, -0.2) is 76.3 Å². The number of carbonyl (C=O) groups is 1. The third kappa shape index (κ3) is 5.63. The second kappa shape index (κ2) is 10.1. The summed E-state index contributed by atoms with van der Waals surface area (Å²) in [5.41, 5.74) is 1.87. The van der Waals surface area contributed by atoms with Gasteiger partial charge < -0.3 is 15.0 Å². The number of piperazine rings is 1. The Hall–Kier alpha value is -2.69. The number of para-hydroxylation sites is 1. The number of rotatable bonds is 8. The predicted octanol–water partition coefficient (Wildman–Crippen LogP) is 2.33. The number of benzene rings is 2. The van der Waals surface area contributed by atoms with E-state index in [4.69, 9.17) is 9.72 Å². The zero-order valence-corrected chi connectivity index (χ0v) is 20.4. The van der Waals surface area contributed by atoms with E-state index < -0.39 is 21.5 Å². The van der Waals surface area contributed by atoms with E-state index in [2.05, 4.69) is 21.2 Å². The van der Waals surface area contributed by atoms with Gasteiger partial charge in [0, 0.05) is 39.3 Å². The molecule has 10 heteroatoms. The molecule has 0 radical (unpaired) electrons. The second-order valence-electron chi connectivity index (χ2n) is 8.05. The van der Waals surface area contributed by atoms with Crippen LogP contribution in [0.5, 0.6) is 5.75 Å². The molecule has 0 bridgehead atoms. The molecule has 176 valence electrons. The van der Waals surface area contributed by atoms with Gasteiger partial charge in [-0.2, -0.15) is 0 Å². The number of methoxy groups -OCH3 is 1. The molecular weight excluding hydrogens is 460 g/mol. The number of thiazole rings is 1. The van der Waals surface area contributed by atoms with Crippen LogP contribution in [0.4, 0.5) is 5.13 Å². The summed E-state index contributed by atoms with van der Waals surface area (Å²) in [4.78, 5) is 21.7. The van der Waals surface area contributed by atoms with Crippen LogP contribution in [0, 0.1) is 6.92 Å². The molecule has 1 aromatic heterocycles. The third-order valence-corrected chi connectivity index (χ3v) is 8.40. The molecule has 0 unspecified atom stereocenters.